The van der Waals surface area contributed by atoms with Gasteiger partial charge in [0.25, 0.3) is 0 Å². The van der Waals surface area contributed by atoms with Crippen molar-refractivity contribution in [3.8, 4) is 0 Å². The molecule has 1 fully saturated rings. The molecule has 88 valence electrons. The number of hydrogen-bond acceptors (Lipinski definition) is 6. The van der Waals surface area contributed by atoms with Gasteiger partial charge < -0.3 is 20.7 Å². The highest BCUT2D eigenvalue weighted by Gasteiger charge is 2.30. The van der Waals surface area contributed by atoms with Crippen LogP contribution in [-0.2, 0) is 4.74 Å². The van der Waals surface area contributed by atoms with E-state index >= 15 is 0 Å². The quantitative estimate of drug-likeness (QED) is 0.536. The van der Waals surface area contributed by atoms with Crippen molar-refractivity contribution in [3.05, 3.63) is 22.7 Å². The number of rotatable bonds is 1. The number of aliphatic hydroxyl groups is 2. The number of nitrogen functional groups attached to an aromatic ring is 1. The summed E-state index contributed by atoms with van der Waals surface area (Å²) in [5.74, 6) is 0.117. The topological polar surface area (TPSA) is 111 Å². The van der Waals surface area contributed by atoms with Gasteiger partial charge in [0.2, 0.25) is 0 Å². The molecule has 4 N–H and O–H groups in total. The van der Waals surface area contributed by atoms with E-state index in [0.717, 1.165) is 4.57 Å². The van der Waals surface area contributed by atoms with E-state index in [1.54, 1.807) is 0 Å². The van der Waals surface area contributed by atoms with Crippen LogP contribution in [-0.4, -0.2) is 38.6 Å². The molecule has 0 unspecified atom stereocenters. The molecule has 2 heterocycles. The SMILES string of the molecule is Nc1ccn([C@@H]2OC[C@@H](O)C[C@H]2O)c(=O)n1. The van der Waals surface area contributed by atoms with E-state index in [-0.39, 0.29) is 18.8 Å². The van der Waals surface area contributed by atoms with Gasteiger partial charge in [-0.1, -0.05) is 0 Å². The summed E-state index contributed by atoms with van der Waals surface area (Å²) in [5.41, 5.74) is 4.76. The van der Waals surface area contributed by atoms with Gasteiger partial charge in [0.05, 0.1) is 12.7 Å². The van der Waals surface area contributed by atoms with Crippen molar-refractivity contribution in [1.29, 1.82) is 0 Å². The van der Waals surface area contributed by atoms with Gasteiger partial charge in [0.15, 0.2) is 6.23 Å². The van der Waals surface area contributed by atoms with Gasteiger partial charge in [0, 0.05) is 12.6 Å². The maximum Gasteiger partial charge on any atom is 0.351 e. The fourth-order valence-corrected chi connectivity index (χ4v) is 1.67. The average Bonchev–Trinajstić information content (AvgIpc) is 2.19. The highest BCUT2D eigenvalue weighted by Crippen LogP contribution is 2.21. The molecule has 1 aliphatic rings. The zero-order valence-corrected chi connectivity index (χ0v) is 8.48. The third kappa shape index (κ3) is 2.06. The van der Waals surface area contributed by atoms with E-state index in [2.05, 4.69) is 4.98 Å². The summed E-state index contributed by atoms with van der Waals surface area (Å²) in [6.45, 7) is 0.0819. The molecule has 1 saturated heterocycles. The minimum atomic E-state index is -0.938. The third-order valence-corrected chi connectivity index (χ3v) is 2.43. The first-order valence-corrected chi connectivity index (χ1v) is 4.90. The van der Waals surface area contributed by atoms with Crippen molar-refractivity contribution in [2.75, 3.05) is 12.3 Å². The molecule has 2 rings (SSSR count). The number of ether oxygens (including phenoxy) is 1. The fourth-order valence-electron chi connectivity index (χ4n) is 1.67. The summed E-state index contributed by atoms with van der Waals surface area (Å²) >= 11 is 0. The largest absolute Gasteiger partial charge is 0.391 e. The van der Waals surface area contributed by atoms with Crippen LogP contribution in [0.1, 0.15) is 12.6 Å². The summed E-state index contributed by atoms with van der Waals surface area (Å²) in [6, 6.07) is 1.45. The molecule has 1 aliphatic heterocycles. The third-order valence-electron chi connectivity index (χ3n) is 2.43. The average molecular weight is 227 g/mol. The Kier molecular flexibility index (Phi) is 2.90. The zero-order chi connectivity index (χ0) is 11.7. The van der Waals surface area contributed by atoms with Crippen molar-refractivity contribution < 1.29 is 14.9 Å². The first-order valence-electron chi connectivity index (χ1n) is 4.90. The molecule has 7 heteroatoms. The lowest BCUT2D eigenvalue weighted by molar-refractivity contribution is -0.156. The van der Waals surface area contributed by atoms with Crippen molar-refractivity contribution in [3.63, 3.8) is 0 Å². The summed E-state index contributed by atoms with van der Waals surface area (Å²) in [5, 5.41) is 18.9. The molecule has 1 aromatic heterocycles. The standard InChI is InChI=1S/C9H13N3O4/c10-7-1-2-12(9(15)11-7)8-6(14)3-5(13)4-16-8/h1-2,5-6,8,13-14H,3-4H2,(H2,10,11,15)/t5-,6+,8+/m0/s1. The molecule has 0 bridgehead atoms. The maximum absolute atomic E-state index is 11.5. The number of nitrogens with zero attached hydrogens (tertiary/aromatic N) is 2. The van der Waals surface area contributed by atoms with Crippen molar-refractivity contribution in [1.82, 2.24) is 9.55 Å². The van der Waals surface area contributed by atoms with Crippen molar-refractivity contribution >= 4 is 5.82 Å². The Hall–Kier alpha value is -1.44. The van der Waals surface area contributed by atoms with E-state index in [4.69, 9.17) is 10.5 Å². The highest BCUT2D eigenvalue weighted by molar-refractivity contribution is 5.23. The Bertz CT molecular complexity index is 433. The second-order valence-electron chi connectivity index (χ2n) is 3.72. The van der Waals surface area contributed by atoms with E-state index in [0.29, 0.717) is 0 Å². The van der Waals surface area contributed by atoms with Gasteiger partial charge in [-0.15, -0.1) is 0 Å². The molecule has 0 radical (unpaired) electrons. The van der Waals surface area contributed by atoms with Crippen LogP contribution in [0.4, 0.5) is 5.82 Å². The number of hydrogen-bond donors (Lipinski definition) is 3. The number of aliphatic hydroxyl groups excluding tert-OH is 2. The van der Waals surface area contributed by atoms with Crippen LogP contribution in [0.3, 0.4) is 0 Å². The number of anilines is 1. The monoisotopic (exact) mass is 227 g/mol. The lowest BCUT2D eigenvalue weighted by Gasteiger charge is -2.31. The smallest absolute Gasteiger partial charge is 0.351 e. The Labute approximate surface area is 91.1 Å². The van der Waals surface area contributed by atoms with Crippen molar-refractivity contribution in [2.45, 2.75) is 24.9 Å². The second-order valence-corrected chi connectivity index (χ2v) is 3.72. The zero-order valence-electron chi connectivity index (χ0n) is 8.48. The van der Waals surface area contributed by atoms with E-state index in [1.165, 1.54) is 12.3 Å². The molecular formula is C9H13N3O4. The van der Waals surface area contributed by atoms with Crippen LogP contribution >= 0.6 is 0 Å². The Balaban J connectivity index is 2.27. The molecule has 16 heavy (non-hydrogen) atoms. The van der Waals surface area contributed by atoms with Crippen LogP contribution in [0.2, 0.25) is 0 Å². The summed E-state index contributed by atoms with van der Waals surface area (Å²) < 4.78 is 6.35. The van der Waals surface area contributed by atoms with Crippen LogP contribution < -0.4 is 11.4 Å². The van der Waals surface area contributed by atoms with E-state index in [1.807, 2.05) is 0 Å². The van der Waals surface area contributed by atoms with Crippen LogP contribution in [0.15, 0.2) is 17.1 Å². The molecule has 0 saturated carbocycles. The van der Waals surface area contributed by atoms with Gasteiger partial charge in [-0.05, 0) is 6.07 Å². The van der Waals surface area contributed by atoms with Crippen molar-refractivity contribution in [2.24, 2.45) is 0 Å². The molecule has 0 aromatic carbocycles. The molecular weight excluding hydrogens is 214 g/mol. The molecule has 3 atom stereocenters. The minimum absolute atomic E-state index is 0.0819. The molecule has 0 spiro atoms. The number of aromatic nitrogens is 2. The van der Waals surface area contributed by atoms with E-state index in [9.17, 15) is 15.0 Å². The first-order chi connectivity index (χ1) is 7.58. The van der Waals surface area contributed by atoms with Gasteiger partial charge in [-0.3, -0.25) is 4.57 Å². The second kappa shape index (κ2) is 4.20. The maximum atomic E-state index is 11.5. The minimum Gasteiger partial charge on any atom is -0.391 e. The molecule has 0 amide bonds. The summed E-state index contributed by atoms with van der Waals surface area (Å²) in [4.78, 5) is 15.0. The predicted molar refractivity (Wildman–Crippen MR) is 54.5 cm³/mol. The molecule has 0 aliphatic carbocycles. The van der Waals surface area contributed by atoms with Gasteiger partial charge in [0.1, 0.15) is 11.9 Å². The lowest BCUT2D eigenvalue weighted by Crippen LogP contribution is -2.42. The van der Waals surface area contributed by atoms with E-state index < -0.39 is 24.1 Å². The van der Waals surface area contributed by atoms with Crippen LogP contribution in [0.5, 0.6) is 0 Å². The summed E-state index contributed by atoms with van der Waals surface area (Å²) in [6.07, 6.45) is -0.878. The molecule has 1 aromatic rings. The highest BCUT2D eigenvalue weighted by atomic mass is 16.5. The number of nitrogens with two attached hydrogens (primary N) is 1. The molecule has 7 nitrogen and oxygen atoms in total. The normalized spacial score (nSPS) is 30.2. The Morgan fingerprint density at radius 2 is 2.31 bits per heavy atom. The first kappa shape index (κ1) is 11.1. The Morgan fingerprint density at radius 3 is 2.94 bits per heavy atom. The lowest BCUT2D eigenvalue weighted by atomic mass is 10.1. The van der Waals surface area contributed by atoms with Gasteiger partial charge in [-0.2, -0.15) is 4.98 Å². The van der Waals surface area contributed by atoms with Gasteiger partial charge >= 0.3 is 5.69 Å². The van der Waals surface area contributed by atoms with Crippen LogP contribution in [0, 0.1) is 0 Å². The fraction of sp³-hybridized carbons (Fsp3) is 0.556. The predicted octanol–water partition coefficient (Wildman–Crippen LogP) is -1.53. The summed E-state index contributed by atoms with van der Waals surface area (Å²) in [7, 11) is 0. The van der Waals surface area contributed by atoms with Crippen LogP contribution in [0.25, 0.3) is 0 Å². The van der Waals surface area contributed by atoms with Gasteiger partial charge in [-0.25, -0.2) is 4.79 Å². The Morgan fingerprint density at radius 1 is 1.56 bits per heavy atom.